The van der Waals surface area contributed by atoms with E-state index in [1.165, 1.54) is 11.3 Å². The molecule has 1 N–H and O–H groups in total. The predicted octanol–water partition coefficient (Wildman–Crippen LogP) is 1.44. The van der Waals surface area contributed by atoms with Gasteiger partial charge in [0.2, 0.25) is 0 Å². The van der Waals surface area contributed by atoms with Gasteiger partial charge in [0, 0.05) is 25.9 Å². The van der Waals surface area contributed by atoms with Crippen LogP contribution in [0.1, 0.15) is 22.5 Å². The van der Waals surface area contributed by atoms with Gasteiger partial charge < -0.3 is 14.4 Å². The van der Waals surface area contributed by atoms with Crippen LogP contribution >= 0.6 is 11.3 Å². The van der Waals surface area contributed by atoms with Crippen LogP contribution in [0.2, 0.25) is 0 Å². The van der Waals surface area contributed by atoms with E-state index in [1.807, 2.05) is 0 Å². The minimum Gasteiger partial charge on any atom is -0.347 e. The van der Waals surface area contributed by atoms with Gasteiger partial charge in [0.1, 0.15) is 0 Å². The molecule has 7 heteroatoms. The number of piperidine rings is 1. The molecule has 3 heterocycles. The fourth-order valence-electron chi connectivity index (χ4n) is 2.48. The van der Waals surface area contributed by atoms with Gasteiger partial charge in [-0.05, 0) is 11.4 Å². The summed E-state index contributed by atoms with van der Waals surface area (Å²) in [6.45, 7) is 2.29. The Labute approximate surface area is 120 Å². The Kier molecular flexibility index (Phi) is 3.73. The molecule has 1 spiro atoms. The Hall–Kier alpha value is -1.44. The molecule has 2 aliphatic rings. The van der Waals surface area contributed by atoms with Crippen molar-refractivity contribution in [3.63, 3.8) is 0 Å². The molecule has 20 heavy (non-hydrogen) atoms. The van der Waals surface area contributed by atoms with E-state index in [4.69, 9.17) is 9.47 Å². The zero-order chi connectivity index (χ0) is 14.0. The lowest BCUT2D eigenvalue weighted by Gasteiger charge is -2.37. The molecule has 1 aromatic heterocycles. The predicted molar refractivity (Wildman–Crippen MR) is 72.6 cm³/mol. The Balaban J connectivity index is 1.53. The Bertz CT molecular complexity index is 486. The Morgan fingerprint density at radius 3 is 2.55 bits per heavy atom. The van der Waals surface area contributed by atoms with Crippen LogP contribution in [0.15, 0.2) is 17.5 Å². The van der Waals surface area contributed by atoms with Gasteiger partial charge in [-0.1, -0.05) is 6.07 Å². The summed E-state index contributed by atoms with van der Waals surface area (Å²) in [6.07, 6.45) is 1.29. The van der Waals surface area contributed by atoms with E-state index in [0.717, 1.165) is 0 Å². The van der Waals surface area contributed by atoms with Crippen molar-refractivity contribution in [2.24, 2.45) is 0 Å². The number of nitrogens with zero attached hydrogens (tertiary/aromatic N) is 1. The number of thiophene rings is 1. The maximum absolute atomic E-state index is 12.0. The van der Waals surface area contributed by atoms with Gasteiger partial charge in [0.05, 0.1) is 18.1 Å². The van der Waals surface area contributed by atoms with Crippen LogP contribution in [-0.2, 0) is 9.47 Å². The maximum atomic E-state index is 12.0. The van der Waals surface area contributed by atoms with Crippen LogP contribution in [0.4, 0.5) is 4.79 Å². The van der Waals surface area contributed by atoms with Gasteiger partial charge in [-0.3, -0.25) is 10.1 Å². The number of hydrogen-bond donors (Lipinski definition) is 1. The molecule has 0 bridgehead atoms. The van der Waals surface area contributed by atoms with E-state index in [-0.39, 0.29) is 11.9 Å². The molecule has 1 aromatic rings. The van der Waals surface area contributed by atoms with Crippen molar-refractivity contribution >= 4 is 23.3 Å². The first-order chi connectivity index (χ1) is 9.69. The molecule has 3 amide bonds. The van der Waals surface area contributed by atoms with Gasteiger partial charge >= 0.3 is 6.03 Å². The highest BCUT2D eigenvalue weighted by molar-refractivity contribution is 7.12. The average molecular weight is 296 g/mol. The van der Waals surface area contributed by atoms with Crippen molar-refractivity contribution in [1.29, 1.82) is 0 Å². The molecule has 2 aliphatic heterocycles. The van der Waals surface area contributed by atoms with Gasteiger partial charge in [0.25, 0.3) is 5.91 Å². The van der Waals surface area contributed by atoms with E-state index in [9.17, 15) is 9.59 Å². The highest BCUT2D eigenvalue weighted by Gasteiger charge is 2.40. The topological polar surface area (TPSA) is 67.9 Å². The standard InChI is InChI=1S/C13H16N2O4S/c16-11(10-2-1-9-20-10)14-12(17)15-5-3-13(4-6-15)18-7-8-19-13/h1-2,9H,3-8H2,(H,14,16,17). The summed E-state index contributed by atoms with van der Waals surface area (Å²) in [5, 5.41) is 4.21. The first-order valence-electron chi connectivity index (χ1n) is 6.60. The monoisotopic (exact) mass is 296 g/mol. The smallest absolute Gasteiger partial charge is 0.324 e. The molecule has 0 atom stereocenters. The van der Waals surface area contributed by atoms with Crippen molar-refractivity contribution in [1.82, 2.24) is 10.2 Å². The van der Waals surface area contributed by atoms with Crippen LogP contribution < -0.4 is 5.32 Å². The summed E-state index contributed by atoms with van der Waals surface area (Å²) in [6, 6.07) is 3.12. The number of amides is 3. The fraction of sp³-hybridized carbons (Fsp3) is 0.538. The first kappa shape index (κ1) is 13.5. The second-order valence-electron chi connectivity index (χ2n) is 4.83. The highest BCUT2D eigenvalue weighted by Crippen LogP contribution is 2.31. The lowest BCUT2D eigenvalue weighted by atomic mass is 10.0. The third-order valence-electron chi connectivity index (χ3n) is 3.59. The van der Waals surface area contributed by atoms with E-state index in [0.29, 0.717) is 44.0 Å². The number of carbonyl (C=O) groups is 2. The number of rotatable bonds is 1. The van der Waals surface area contributed by atoms with E-state index in [2.05, 4.69) is 5.32 Å². The zero-order valence-electron chi connectivity index (χ0n) is 11.0. The number of nitrogens with one attached hydrogen (secondary N) is 1. The van der Waals surface area contributed by atoms with E-state index in [1.54, 1.807) is 22.4 Å². The average Bonchev–Trinajstić information content (AvgIpc) is 3.11. The molecule has 2 fully saturated rings. The maximum Gasteiger partial charge on any atom is 0.324 e. The summed E-state index contributed by atoms with van der Waals surface area (Å²) >= 11 is 1.31. The van der Waals surface area contributed by atoms with Crippen LogP contribution in [0.25, 0.3) is 0 Å². The van der Waals surface area contributed by atoms with Crippen molar-refractivity contribution in [2.75, 3.05) is 26.3 Å². The molecule has 0 radical (unpaired) electrons. The summed E-state index contributed by atoms with van der Waals surface area (Å²) in [5.41, 5.74) is 0. The third kappa shape index (κ3) is 2.70. The SMILES string of the molecule is O=C(NC(=O)N1CCC2(CC1)OCCO2)c1cccs1. The summed E-state index contributed by atoms with van der Waals surface area (Å²) in [7, 11) is 0. The number of hydrogen-bond acceptors (Lipinski definition) is 5. The first-order valence-corrected chi connectivity index (χ1v) is 7.48. The number of likely N-dealkylation sites (tertiary alicyclic amines) is 1. The number of urea groups is 1. The van der Waals surface area contributed by atoms with Crippen LogP contribution in [0, 0.1) is 0 Å². The number of imide groups is 1. The van der Waals surface area contributed by atoms with Gasteiger partial charge in [-0.2, -0.15) is 0 Å². The van der Waals surface area contributed by atoms with Crippen molar-refractivity contribution < 1.29 is 19.1 Å². The van der Waals surface area contributed by atoms with E-state index >= 15 is 0 Å². The number of carbonyl (C=O) groups excluding carboxylic acids is 2. The second-order valence-corrected chi connectivity index (χ2v) is 5.78. The molecular weight excluding hydrogens is 280 g/mol. The number of ether oxygens (including phenoxy) is 2. The molecule has 0 unspecified atom stereocenters. The zero-order valence-corrected chi connectivity index (χ0v) is 11.8. The fourth-order valence-corrected chi connectivity index (χ4v) is 3.10. The molecule has 0 saturated carbocycles. The Morgan fingerprint density at radius 1 is 1.25 bits per heavy atom. The summed E-state index contributed by atoms with van der Waals surface area (Å²) in [4.78, 5) is 26.0. The van der Waals surface area contributed by atoms with E-state index < -0.39 is 5.79 Å². The van der Waals surface area contributed by atoms with Crippen molar-refractivity contribution in [3.8, 4) is 0 Å². The quantitative estimate of drug-likeness (QED) is 0.851. The largest absolute Gasteiger partial charge is 0.347 e. The summed E-state index contributed by atoms with van der Waals surface area (Å²) in [5.74, 6) is -0.854. The third-order valence-corrected chi connectivity index (χ3v) is 4.46. The summed E-state index contributed by atoms with van der Waals surface area (Å²) < 4.78 is 11.2. The second kappa shape index (κ2) is 5.51. The Morgan fingerprint density at radius 2 is 1.95 bits per heavy atom. The van der Waals surface area contributed by atoms with Gasteiger partial charge in [0.15, 0.2) is 5.79 Å². The molecule has 108 valence electrons. The molecule has 3 rings (SSSR count). The van der Waals surface area contributed by atoms with Crippen molar-refractivity contribution in [3.05, 3.63) is 22.4 Å². The molecule has 2 saturated heterocycles. The molecule has 0 aliphatic carbocycles. The normalized spacial score (nSPS) is 21.1. The van der Waals surface area contributed by atoms with Crippen LogP contribution in [-0.4, -0.2) is 48.9 Å². The highest BCUT2D eigenvalue weighted by atomic mass is 32.1. The molecular formula is C13H16N2O4S. The van der Waals surface area contributed by atoms with Crippen LogP contribution in [0.5, 0.6) is 0 Å². The lowest BCUT2D eigenvalue weighted by molar-refractivity contribution is -0.181. The van der Waals surface area contributed by atoms with Crippen molar-refractivity contribution in [2.45, 2.75) is 18.6 Å². The van der Waals surface area contributed by atoms with Crippen LogP contribution in [0.3, 0.4) is 0 Å². The molecule has 6 nitrogen and oxygen atoms in total. The minimum absolute atomic E-state index is 0.348. The van der Waals surface area contributed by atoms with Gasteiger partial charge in [-0.15, -0.1) is 11.3 Å². The van der Waals surface area contributed by atoms with Gasteiger partial charge in [-0.25, -0.2) is 4.79 Å². The molecule has 0 aromatic carbocycles. The lowest BCUT2D eigenvalue weighted by Crippen LogP contribution is -2.51. The minimum atomic E-state index is -0.505.